The van der Waals surface area contributed by atoms with E-state index in [0.29, 0.717) is 23.7 Å². The highest BCUT2D eigenvalue weighted by Crippen LogP contribution is 2.28. The normalized spacial score (nSPS) is 10.4. The van der Waals surface area contributed by atoms with Gasteiger partial charge in [0.1, 0.15) is 23.7 Å². The summed E-state index contributed by atoms with van der Waals surface area (Å²) in [7, 11) is 1.54. The number of carbonyl (C=O) groups excluding carboxylic acids is 1. The fourth-order valence-electron chi connectivity index (χ4n) is 1.38. The van der Waals surface area contributed by atoms with Gasteiger partial charge in [0.15, 0.2) is 5.78 Å². The summed E-state index contributed by atoms with van der Waals surface area (Å²) < 4.78 is 10.6. The van der Waals surface area contributed by atoms with Crippen LogP contribution < -0.4 is 9.47 Å². The number of ether oxygens (including phenoxy) is 2. The molecule has 86 valence electrons. The summed E-state index contributed by atoms with van der Waals surface area (Å²) >= 11 is 0. The molecule has 0 saturated heterocycles. The van der Waals surface area contributed by atoms with Gasteiger partial charge in [0.25, 0.3) is 0 Å². The van der Waals surface area contributed by atoms with Crippen LogP contribution in [0.3, 0.4) is 0 Å². The van der Waals surface area contributed by atoms with Crippen molar-refractivity contribution in [3.05, 3.63) is 35.9 Å². The highest BCUT2D eigenvalue weighted by molar-refractivity contribution is 5.99. The zero-order chi connectivity index (χ0) is 12.0. The quantitative estimate of drug-likeness (QED) is 0.565. The van der Waals surface area contributed by atoms with Crippen molar-refractivity contribution in [1.29, 1.82) is 0 Å². The molecule has 3 heteroatoms. The Labute approximate surface area is 95.7 Å². The Morgan fingerprint density at radius 1 is 1.38 bits per heavy atom. The largest absolute Gasteiger partial charge is 0.496 e. The average molecular weight is 220 g/mol. The minimum absolute atomic E-state index is 0.0621. The molecule has 0 saturated carbocycles. The first-order chi connectivity index (χ1) is 7.70. The second-order valence-electron chi connectivity index (χ2n) is 3.27. The molecule has 3 nitrogen and oxygen atoms in total. The maximum absolute atomic E-state index is 11.5. The molecule has 0 fully saturated rings. The lowest BCUT2D eigenvalue weighted by atomic mass is 10.1. The Morgan fingerprint density at radius 3 is 2.62 bits per heavy atom. The van der Waals surface area contributed by atoms with E-state index in [9.17, 15) is 4.79 Å². The molecule has 0 bridgehead atoms. The van der Waals surface area contributed by atoms with Crippen molar-refractivity contribution >= 4 is 5.78 Å². The highest BCUT2D eigenvalue weighted by atomic mass is 16.5. The Hall–Kier alpha value is -1.77. The van der Waals surface area contributed by atoms with Crippen molar-refractivity contribution in [1.82, 2.24) is 0 Å². The monoisotopic (exact) mass is 220 g/mol. The Bertz CT molecular complexity index is 394. The maximum atomic E-state index is 11.5. The molecular formula is C13H16O3. The third-order valence-electron chi connectivity index (χ3n) is 2.13. The molecule has 0 atom stereocenters. The number of allylic oxidation sites excluding steroid dienone is 1. The zero-order valence-corrected chi connectivity index (χ0v) is 9.82. The van der Waals surface area contributed by atoms with Crippen molar-refractivity contribution in [2.75, 3.05) is 13.7 Å². The number of ketones is 1. The zero-order valence-electron chi connectivity index (χ0n) is 9.82. The van der Waals surface area contributed by atoms with Crippen LogP contribution in [-0.2, 0) is 0 Å². The predicted molar refractivity (Wildman–Crippen MR) is 63.3 cm³/mol. The fraction of sp³-hybridized carbons (Fsp3) is 0.308. The van der Waals surface area contributed by atoms with E-state index in [1.165, 1.54) is 14.0 Å². The van der Waals surface area contributed by atoms with Gasteiger partial charge in [-0.1, -0.05) is 18.2 Å². The second kappa shape index (κ2) is 5.95. The van der Waals surface area contributed by atoms with Crippen LogP contribution in [0.4, 0.5) is 0 Å². The lowest BCUT2D eigenvalue weighted by Gasteiger charge is -2.11. The predicted octanol–water partition coefficient (Wildman–Crippen LogP) is 2.85. The van der Waals surface area contributed by atoms with E-state index in [1.807, 2.05) is 19.1 Å². The van der Waals surface area contributed by atoms with Crippen LogP contribution in [0.15, 0.2) is 30.4 Å². The van der Waals surface area contributed by atoms with Crippen LogP contribution in [0.1, 0.15) is 24.2 Å². The molecule has 1 aromatic carbocycles. The first kappa shape index (κ1) is 12.3. The minimum Gasteiger partial charge on any atom is -0.496 e. The molecule has 1 aromatic rings. The third-order valence-corrected chi connectivity index (χ3v) is 2.13. The molecule has 0 amide bonds. The molecule has 0 aromatic heterocycles. The standard InChI is InChI=1S/C13H16O3/c1-4-5-9-16-12-8-6-7-11(15-3)13(12)10(2)14/h4-8H,9H2,1-3H3/b5-4+. The van der Waals surface area contributed by atoms with Crippen LogP contribution in [0, 0.1) is 0 Å². The Morgan fingerprint density at radius 2 is 2.06 bits per heavy atom. The molecular weight excluding hydrogens is 204 g/mol. The fourth-order valence-corrected chi connectivity index (χ4v) is 1.38. The van der Waals surface area contributed by atoms with Crippen LogP contribution in [0.5, 0.6) is 11.5 Å². The van der Waals surface area contributed by atoms with Gasteiger partial charge in [-0.25, -0.2) is 0 Å². The van der Waals surface area contributed by atoms with E-state index >= 15 is 0 Å². The Kier molecular flexibility index (Phi) is 4.58. The number of benzene rings is 1. The summed E-state index contributed by atoms with van der Waals surface area (Å²) in [5, 5.41) is 0. The lowest BCUT2D eigenvalue weighted by molar-refractivity contribution is 0.101. The molecule has 16 heavy (non-hydrogen) atoms. The summed E-state index contributed by atoms with van der Waals surface area (Å²) in [5.74, 6) is 1.04. The van der Waals surface area contributed by atoms with Gasteiger partial charge in [-0.15, -0.1) is 0 Å². The molecule has 0 radical (unpaired) electrons. The van der Waals surface area contributed by atoms with Crippen LogP contribution in [-0.4, -0.2) is 19.5 Å². The van der Waals surface area contributed by atoms with Gasteiger partial charge in [-0.05, 0) is 26.0 Å². The van der Waals surface area contributed by atoms with Gasteiger partial charge in [-0.2, -0.15) is 0 Å². The van der Waals surface area contributed by atoms with Gasteiger partial charge in [-0.3, -0.25) is 4.79 Å². The van der Waals surface area contributed by atoms with E-state index in [0.717, 1.165) is 0 Å². The molecule has 0 heterocycles. The summed E-state index contributed by atoms with van der Waals surface area (Å²) in [5.41, 5.74) is 0.495. The van der Waals surface area contributed by atoms with E-state index in [2.05, 4.69) is 0 Å². The number of hydrogen-bond donors (Lipinski definition) is 0. The van der Waals surface area contributed by atoms with Crippen molar-refractivity contribution < 1.29 is 14.3 Å². The van der Waals surface area contributed by atoms with Gasteiger partial charge < -0.3 is 9.47 Å². The van der Waals surface area contributed by atoms with Crippen molar-refractivity contribution in [2.45, 2.75) is 13.8 Å². The minimum atomic E-state index is -0.0621. The molecule has 0 N–H and O–H groups in total. The SMILES string of the molecule is C/C=C/COc1cccc(OC)c1C(C)=O. The first-order valence-electron chi connectivity index (χ1n) is 5.12. The van der Waals surface area contributed by atoms with E-state index < -0.39 is 0 Å². The number of rotatable bonds is 5. The van der Waals surface area contributed by atoms with E-state index in [-0.39, 0.29) is 5.78 Å². The van der Waals surface area contributed by atoms with E-state index in [4.69, 9.17) is 9.47 Å². The average Bonchev–Trinajstić information content (AvgIpc) is 2.28. The van der Waals surface area contributed by atoms with Crippen molar-refractivity contribution in [3.63, 3.8) is 0 Å². The van der Waals surface area contributed by atoms with Crippen LogP contribution in [0.2, 0.25) is 0 Å². The molecule has 0 aliphatic heterocycles. The topological polar surface area (TPSA) is 35.5 Å². The number of hydrogen-bond acceptors (Lipinski definition) is 3. The first-order valence-corrected chi connectivity index (χ1v) is 5.12. The second-order valence-corrected chi connectivity index (χ2v) is 3.27. The lowest BCUT2D eigenvalue weighted by Crippen LogP contribution is -2.03. The van der Waals surface area contributed by atoms with Gasteiger partial charge in [0, 0.05) is 0 Å². The molecule has 0 aliphatic carbocycles. The molecule has 1 rings (SSSR count). The molecule has 0 spiro atoms. The maximum Gasteiger partial charge on any atom is 0.167 e. The van der Waals surface area contributed by atoms with E-state index in [1.54, 1.807) is 18.2 Å². The van der Waals surface area contributed by atoms with Crippen molar-refractivity contribution in [2.24, 2.45) is 0 Å². The number of carbonyl (C=O) groups is 1. The summed E-state index contributed by atoms with van der Waals surface area (Å²) in [6.07, 6.45) is 3.77. The van der Waals surface area contributed by atoms with Crippen LogP contribution in [0.25, 0.3) is 0 Å². The number of Topliss-reactive ketones (excluding diaryl/α,β-unsaturated/α-hetero) is 1. The molecule has 0 aliphatic rings. The third kappa shape index (κ3) is 2.86. The Balaban J connectivity index is 3.02. The number of methoxy groups -OCH3 is 1. The van der Waals surface area contributed by atoms with Gasteiger partial charge >= 0.3 is 0 Å². The van der Waals surface area contributed by atoms with Crippen molar-refractivity contribution in [3.8, 4) is 11.5 Å². The van der Waals surface area contributed by atoms with Gasteiger partial charge in [0.2, 0.25) is 0 Å². The van der Waals surface area contributed by atoms with Crippen LogP contribution >= 0.6 is 0 Å². The summed E-state index contributed by atoms with van der Waals surface area (Å²) in [6.45, 7) is 3.87. The molecule has 0 unspecified atom stereocenters. The summed E-state index contributed by atoms with van der Waals surface area (Å²) in [6, 6.07) is 5.32. The summed E-state index contributed by atoms with van der Waals surface area (Å²) in [4.78, 5) is 11.5. The smallest absolute Gasteiger partial charge is 0.167 e. The van der Waals surface area contributed by atoms with Gasteiger partial charge in [0.05, 0.1) is 7.11 Å². The highest BCUT2D eigenvalue weighted by Gasteiger charge is 2.14.